The lowest BCUT2D eigenvalue weighted by Gasteiger charge is -2.11. The molecular weight excluding hydrogens is 230 g/mol. The Morgan fingerprint density at radius 3 is 2.94 bits per heavy atom. The molecule has 0 atom stereocenters. The van der Waals surface area contributed by atoms with Gasteiger partial charge in [0.25, 0.3) is 0 Å². The van der Waals surface area contributed by atoms with Crippen LogP contribution in [0.4, 0.5) is 0 Å². The zero-order valence-electron chi connectivity index (χ0n) is 10.4. The van der Waals surface area contributed by atoms with Crippen molar-refractivity contribution in [2.24, 2.45) is 0 Å². The predicted octanol–water partition coefficient (Wildman–Crippen LogP) is 3.07. The number of thioether (sulfide) groups is 1. The van der Waals surface area contributed by atoms with Gasteiger partial charge in [-0.3, -0.25) is 0 Å². The second-order valence-electron chi connectivity index (χ2n) is 4.46. The molecule has 1 aliphatic carbocycles. The van der Waals surface area contributed by atoms with E-state index in [1.807, 2.05) is 17.8 Å². The van der Waals surface area contributed by atoms with Crippen molar-refractivity contribution in [1.82, 2.24) is 5.32 Å². The molecule has 17 heavy (non-hydrogen) atoms. The smallest absolute Gasteiger partial charge is 0.123 e. The molecule has 1 fully saturated rings. The zero-order chi connectivity index (χ0) is 11.9. The maximum atomic E-state index is 5.84. The van der Waals surface area contributed by atoms with Crippen LogP contribution in [0.3, 0.4) is 0 Å². The molecule has 1 saturated carbocycles. The van der Waals surface area contributed by atoms with Gasteiger partial charge in [0, 0.05) is 18.2 Å². The van der Waals surface area contributed by atoms with E-state index in [1.54, 1.807) is 0 Å². The number of benzene rings is 1. The first-order chi connectivity index (χ1) is 8.40. The van der Waals surface area contributed by atoms with E-state index in [-0.39, 0.29) is 0 Å². The molecule has 0 spiro atoms. The van der Waals surface area contributed by atoms with E-state index < -0.39 is 0 Å². The molecule has 0 aliphatic heterocycles. The minimum Gasteiger partial charge on any atom is -0.493 e. The fourth-order valence-electron chi connectivity index (χ4n) is 1.72. The summed E-state index contributed by atoms with van der Waals surface area (Å²) in [5, 5.41) is 3.53. The first-order valence-corrected chi connectivity index (χ1v) is 7.72. The number of hydrogen-bond acceptors (Lipinski definition) is 3. The Bertz CT molecular complexity index is 339. The molecule has 0 aromatic heterocycles. The Labute approximate surface area is 108 Å². The summed E-state index contributed by atoms with van der Waals surface area (Å²) < 4.78 is 5.84. The molecule has 0 heterocycles. The van der Waals surface area contributed by atoms with Crippen molar-refractivity contribution < 1.29 is 4.74 Å². The van der Waals surface area contributed by atoms with Gasteiger partial charge in [-0.25, -0.2) is 0 Å². The van der Waals surface area contributed by atoms with E-state index in [2.05, 4.69) is 29.8 Å². The number of para-hydroxylation sites is 1. The third-order valence-corrected chi connectivity index (χ3v) is 3.58. The molecule has 1 aromatic carbocycles. The number of nitrogens with one attached hydrogen (secondary N) is 1. The van der Waals surface area contributed by atoms with Crippen LogP contribution in [0.2, 0.25) is 0 Å². The number of rotatable bonds is 8. The monoisotopic (exact) mass is 251 g/mol. The topological polar surface area (TPSA) is 21.3 Å². The van der Waals surface area contributed by atoms with E-state index in [9.17, 15) is 0 Å². The normalized spacial score (nSPS) is 14.9. The Hall–Kier alpha value is -0.670. The quantitative estimate of drug-likeness (QED) is 0.717. The minimum absolute atomic E-state index is 0.750. The first kappa shape index (κ1) is 12.8. The maximum Gasteiger partial charge on any atom is 0.123 e. The van der Waals surface area contributed by atoms with Crippen molar-refractivity contribution in [1.29, 1.82) is 0 Å². The highest BCUT2D eigenvalue weighted by atomic mass is 32.2. The van der Waals surface area contributed by atoms with Crippen LogP contribution in [0.1, 0.15) is 24.8 Å². The van der Waals surface area contributed by atoms with Crippen LogP contribution in [0.15, 0.2) is 24.3 Å². The average Bonchev–Trinajstić information content (AvgIpc) is 3.17. The van der Waals surface area contributed by atoms with Gasteiger partial charge in [0.2, 0.25) is 0 Å². The van der Waals surface area contributed by atoms with Crippen molar-refractivity contribution in [3.05, 3.63) is 29.8 Å². The van der Waals surface area contributed by atoms with Crippen LogP contribution < -0.4 is 10.1 Å². The summed E-state index contributed by atoms with van der Waals surface area (Å²) in [4.78, 5) is 0. The highest BCUT2D eigenvalue weighted by molar-refractivity contribution is 7.98. The van der Waals surface area contributed by atoms with Gasteiger partial charge in [-0.05, 0) is 37.3 Å². The summed E-state index contributed by atoms with van der Waals surface area (Å²) in [6.07, 6.45) is 5.91. The highest BCUT2D eigenvalue weighted by Crippen LogP contribution is 2.22. The van der Waals surface area contributed by atoms with Crippen LogP contribution >= 0.6 is 11.8 Å². The van der Waals surface area contributed by atoms with Crippen molar-refractivity contribution in [3.8, 4) is 5.75 Å². The Morgan fingerprint density at radius 1 is 1.35 bits per heavy atom. The Balaban J connectivity index is 1.80. The van der Waals surface area contributed by atoms with Gasteiger partial charge in [-0.1, -0.05) is 18.2 Å². The second-order valence-corrected chi connectivity index (χ2v) is 5.44. The molecule has 0 bridgehead atoms. The maximum absolute atomic E-state index is 5.84. The van der Waals surface area contributed by atoms with Gasteiger partial charge < -0.3 is 10.1 Å². The highest BCUT2D eigenvalue weighted by Gasteiger charge is 2.20. The molecule has 2 rings (SSSR count). The lowest BCUT2D eigenvalue weighted by Crippen LogP contribution is -2.16. The summed E-state index contributed by atoms with van der Waals surface area (Å²) in [6, 6.07) is 9.10. The molecule has 3 heteroatoms. The summed E-state index contributed by atoms with van der Waals surface area (Å²) in [6.45, 7) is 1.75. The molecular formula is C14H21NOS. The molecule has 0 unspecified atom stereocenters. The van der Waals surface area contributed by atoms with Gasteiger partial charge in [0.05, 0.1) is 6.61 Å². The summed E-state index contributed by atoms with van der Waals surface area (Å²) in [5.74, 6) is 2.21. The van der Waals surface area contributed by atoms with E-state index in [0.29, 0.717) is 0 Å². The van der Waals surface area contributed by atoms with E-state index >= 15 is 0 Å². The minimum atomic E-state index is 0.750. The SMILES string of the molecule is CSCCCOc1ccccc1CNC1CC1. The van der Waals surface area contributed by atoms with E-state index in [1.165, 1.54) is 24.2 Å². The third-order valence-electron chi connectivity index (χ3n) is 2.88. The average molecular weight is 251 g/mol. The van der Waals surface area contributed by atoms with Crippen molar-refractivity contribution >= 4 is 11.8 Å². The van der Waals surface area contributed by atoms with E-state index in [0.717, 1.165) is 31.4 Å². The van der Waals surface area contributed by atoms with Gasteiger partial charge >= 0.3 is 0 Å². The standard InChI is InChI=1S/C14H21NOS/c1-17-10-4-9-16-14-6-3-2-5-12(14)11-15-13-7-8-13/h2-3,5-6,13,15H,4,7-11H2,1H3. The molecule has 0 radical (unpaired) electrons. The second kappa shape index (κ2) is 6.92. The van der Waals surface area contributed by atoms with Crippen LogP contribution in [0.5, 0.6) is 5.75 Å². The molecule has 1 N–H and O–H groups in total. The van der Waals surface area contributed by atoms with Crippen LogP contribution in [-0.4, -0.2) is 24.7 Å². The third kappa shape index (κ3) is 4.60. The molecule has 1 aliphatic rings. The first-order valence-electron chi connectivity index (χ1n) is 6.33. The zero-order valence-corrected chi connectivity index (χ0v) is 11.3. The van der Waals surface area contributed by atoms with Crippen LogP contribution in [-0.2, 0) is 6.54 Å². The molecule has 2 nitrogen and oxygen atoms in total. The predicted molar refractivity (Wildman–Crippen MR) is 74.8 cm³/mol. The van der Waals surface area contributed by atoms with Crippen molar-refractivity contribution in [3.63, 3.8) is 0 Å². The largest absolute Gasteiger partial charge is 0.493 e. The van der Waals surface area contributed by atoms with E-state index in [4.69, 9.17) is 4.74 Å². The van der Waals surface area contributed by atoms with Gasteiger partial charge in [-0.15, -0.1) is 0 Å². The molecule has 0 saturated heterocycles. The molecule has 0 amide bonds. The van der Waals surface area contributed by atoms with Crippen LogP contribution in [0, 0.1) is 0 Å². The van der Waals surface area contributed by atoms with Crippen molar-refractivity contribution in [2.75, 3.05) is 18.6 Å². The van der Waals surface area contributed by atoms with Crippen molar-refractivity contribution in [2.45, 2.75) is 31.8 Å². The molecule has 94 valence electrons. The molecule has 1 aromatic rings. The lowest BCUT2D eigenvalue weighted by molar-refractivity contribution is 0.314. The number of ether oxygens (including phenoxy) is 1. The van der Waals surface area contributed by atoms with Gasteiger partial charge in [0.15, 0.2) is 0 Å². The van der Waals surface area contributed by atoms with Gasteiger partial charge in [0.1, 0.15) is 5.75 Å². The van der Waals surface area contributed by atoms with Crippen LogP contribution in [0.25, 0.3) is 0 Å². The fraction of sp³-hybridized carbons (Fsp3) is 0.571. The summed E-state index contributed by atoms with van der Waals surface area (Å²) in [5.41, 5.74) is 1.28. The number of hydrogen-bond donors (Lipinski definition) is 1. The Kier molecular flexibility index (Phi) is 5.20. The summed E-state index contributed by atoms with van der Waals surface area (Å²) in [7, 11) is 0. The fourth-order valence-corrected chi connectivity index (χ4v) is 2.12. The van der Waals surface area contributed by atoms with Gasteiger partial charge in [-0.2, -0.15) is 11.8 Å². The summed E-state index contributed by atoms with van der Waals surface area (Å²) >= 11 is 1.87. The lowest BCUT2D eigenvalue weighted by atomic mass is 10.2. The Morgan fingerprint density at radius 2 is 2.18 bits per heavy atom.